The summed E-state index contributed by atoms with van der Waals surface area (Å²) in [6, 6.07) is 20.3. The van der Waals surface area contributed by atoms with E-state index in [9.17, 15) is 4.79 Å². The Morgan fingerprint density at radius 2 is 1.55 bits per heavy atom. The summed E-state index contributed by atoms with van der Waals surface area (Å²) in [4.78, 5) is 17.4. The molecule has 2 aromatic carbocycles. The van der Waals surface area contributed by atoms with Crippen molar-refractivity contribution in [1.82, 2.24) is 15.1 Å². The molecule has 5 heteroatoms. The van der Waals surface area contributed by atoms with Crippen molar-refractivity contribution in [3.63, 3.8) is 0 Å². The molecular formula is C26H35N3O2. The van der Waals surface area contributed by atoms with Gasteiger partial charge in [-0.2, -0.15) is 0 Å². The maximum atomic E-state index is 12.9. The lowest BCUT2D eigenvalue weighted by molar-refractivity contribution is -0.139. The molecule has 1 amide bonds. The SMILES string of the molecule is O=C(COC(c1ccccc1)c1ccccc1)N1CCN(CC2CCCNCC2)CC1. The Kier molecular flexibility index (Phi) is 8.11. The zero-order chi connectivity index (χ0) is 21.3. The zero-order valence-corrected chi connectivity index (χ0v) is 18.4. The maximum Gasteiger partial charge on any atom is 0.248 e. The van der Waals surface area contributed by atoms with Crippen molar-refractivity contribution in [3.05, 3.63) is 71.8 Å². The van der Waals surface area contributed by atoms with E-state index in [0.717, 1.165) is 56.3 Å². The van der Waals surface area contributed by atoms with Crippen LogP contribution in [0.5, 0.6) is 0 Å². The first-order valence-electron chi connectivity index (χ1n) is 11.7. The topological polar surface area (TPSA) is 44.8 Å². The predicted molar refractivity (Wildman–Crippen MR) is 124 cm³/mol. The lowest BCUT2D eigenvalue weighted by Crippen LogP contribution is -2.50. The van der Waals surface area contributed by atoms with Crippen LogP contribution in [-0.4, -0.2) is 68.1 Å². The molecule has 0 saturated carbocycles. The van der Waals surface area contributed by atoms with E-state index in [0.29, 0.717) is 0 Å². The van der Waals surface area contributed by atoms with Crippen molar-refractivity contribution in [1.29, 1.82) is 0 Å². The molecule has 0 aliphatic carbocycles. The van der Waals surface area contributed by atoms with Crippen LogP contribution >= 0.6 is 0 Å². The minimum atomic E-state index is -0.225. The van der Waals surface area contributed by atoms with E-state index in [2.05, 4.69) is 34.5 Å². The van der Waals surface area contributed by atoms with E-state index in [1.165, 1.54) is 25.8 Å². The molecular weight excluding hydrogens is 386 g/mol. The lowest BCUT2D eigenvalue weighted by Gasteiger charge is -2.36. The molecule has 2 fully saturated rings. The van der Waals surface area contributed by atoms with Crippen molar-refractivity contribution in [2.75, 3.05) is 52.4 Å². The smallest absolute Gasteiger partial charge is 0.248 e. The van der Waals surface area contributed by atoms with Gasteiger partial charge in [0, 0.05) is 32.7 Å². The number of benzene rings is 2. The Morgan fingerprint density at radius 3 is 2.19 bits per heavy atom. The van der Waals surface area contributed by atoms with Crippen LogP contribution in [0, 0.1) is 5.92 Å². The van der Waals surface area contributed by atoms with Crippen molar-refractivity contribution in [3.8, 4) is 0 Å². The number of nitrogens with one attached hydrogen (secondary N) is 1. The number of amides is 1. The Morgan fingerprint density at radius 1 is 0.903 bits per heavy atom. The number of carbonyl (C=O) groups is 1. The second-order valence-electron chi connectivity index (χ2n) is 8.74. The molecule has 0 spiro atoms. The van der Waals surface area contributed by atoms with E-state index in [-0.39, 0.29) is 18.6 Å². The summed E-state index contributed by atoms with van der Waals surface area (Å²) in [6.45, 7) is 7.12. The Hall–Kier alpha value is -2.21. The molecule has 2 aliphatic rings. The highest BCUT2D eigenvalue weighted by atomic mass is 16.5. The average Bonchev–Trinajstić information content (AvgIpc) is 3.10. The Bertz CT molecular complexity index is 743. The van der Waals surface area contributed by atoms with Crippen molar-refractivity contribution < 1.29 is 9.53 Å². The Balaban J connectivity index is 1.28. The predicted octanol–water partition coefficient (Wildman–Crippen LogP) is 3.33. The number of rotatable bonds is 7. The third kappa shape index (κ3) is 6.39. The van der Waals surface area contributed by atoms with Crippen molar-refractivity contribution >= 4 is 5.91 Å². The standard InChI is InChI=1S/C26H35N3O2/c30-25(29-18-16-28(17-19-29)20-22-8-7-14-27-15-13-22)21-31-26(23-9-3-1-4-10-23)24-11-5-2-6-12-24/h1-6,9-12,22,26-27H,7-8,13-21H2. The van der Waals surface area contributed by atoms with Gasteiger partial charge in [-0.15, -0.1) is 0 Å². The van der Waals surface area contributed by atoms with E-state index in [4.69, 9.17) is 4.74 Å². The number of hydrogen-bond acceptors (Lipinski definition) is 4. The van der Waals surface area contributed by atoms with Gasteiger partial charge in [-0.1, -0.05) is 60.7 Å². The number of carbonyl (C=O) groups excluding carboxylic acids is 1. The third-order valence-electron chi connectivity index (χ3n) is 6.51. The Labute approximate surface area is 186 Å². The van der Waals surface area contributed by atoms with Gasteiger partial charge in [-0.25, -0.2) is 0 Å². The van der Waals surface area contributed by atoms with Crippen LogP contribution < -0.4 is 5.32 Å². The summed E-state index contributed by atoms with van der Waals surface area (Å²) < 4.78 is 6.18. The third-order valence-corrected chi connectivity index (χ3v) is 6.51. The van der Waals surface area contributed by atoms with E-state index in [1.54, 1.807) is 0 Å². The normalized spacial score (nSPS) is 20.5. The molecule has 0 aromatic heterocycles. The van der Waals surface area contributed by atoms with Crippen LogP contribution in [0.2, 0.25) is 0 Å². The highest BCUT2D eigenvalue weighted by Gasteiger charge is 2.25. The van der Waals surface area contributed by atoms with Gasteiger partial charge < -0.3 is 15.0 Å². The summed E-state index contributed by atoms with van der Waals surface area (Å²) in [5.41, 5.74) is 2.15. The van der Waals surface area contributed by atoms with Gasteiger partial charge in [-0.3, -0.25) is 9.69 Å². The van der Waals surface area contributed by atoms with Gasteiger partial charge in [-0.05, 0) is 49.4 Å². The quantitative estimate of drug-likeness (QED) is 0.745. The van der Waals surface area contributed by atoms with Crippen molar-refractivity contribution in [2.45, 2.75) is 25.4 Å². The first-order chi connectivity index (χ1) is 15.3. The zero-order valence-electron chi connectivity index (χ0n) is 18.4. The van der Waals surface area contributed by atoms with Crippen LogP contribution in [0.1, 0.15) is 36.5 Å². The van der Waals surface area contributed by atoms with Gasteiger partial charge in [0.05, 0.1) is 0 Å². The fourth-order valence-corrected chi connectivity index (χ4v) is 4.71. The molecule has 5 nitrogen and oxygen atoms in total. The van der Waals surface area contributed by atoms with Crippen LogP contribution in [-0.2, 0) is 9.53 Å². The maximum absolute atomic E-state index is 12.9. The number of piperazine rings is 1. The molecule has 4 rings (SSSR count). The second kappa shape index (κ2) is 11.4. The molecule has 1 N–H and O–H groups in total. The molecule has 166 valence electrons. The fourth-order valence-electron chi connectivity index (χ4n) is 4.71. The van der Waals surface area contributed by atoms with E-state index in [1.807, 2.05) is 41.3 Å². The number of hydrogen-bond donors (Lipinski definition) is 1. The van der Waals surface area contributed by atoms with E-state index >= 15 is 0 Å². The summed E-state index contributed by atoms with van der Waals surface area (Å²) in [7, 11) is 0. The van der Waals surface area contributed by atoms with E-state index < -0.39 is 0 Å². The van der Waals surface area contributed by atoms with Crippen LogP contribution in [0.3, 0.4) is 0 Å². The minimum Gasteiger partial charge on any atom is -0.359 e. The van der Waals surface area contributed by atoms with Gasteiger partial charge in [0.1, 0.15) is 12.7 Å². The first-order valence-corrected chi connectivity index (χ1v) is 11.7. The monoisotopic (exact) mass is 421 g/mol. The van der Waals surface area contributed by atoms with Gasteiger partial charge >= 0.3 is 0 Å². The molecule has 1 atom stereocenters. The highest BCUT2D eigenvalue weighted by Crippen LogP contribution is 2.26. The number of ether oxygens (including phenoxy) is 1. The molecule has 2 aromatic rings. The largest absolute Gasteiger partial charge is 0.359 e. The summed E-state index contributed by atoms with van der Waals surface area (Å²) in [5, 5.41) is 3.50. The first kappa shape index (κ1) is 22.0. The number of nitrogens with zero attached hydrogens (tertiary/aromatic N) is 2. The molecule has 0 bridgehead atoms. The van der Waals surface area contributed by atoms with Gasteiger partial charge in [0.2, 0.25) is 5.91 Å². The van der Waals surface area contributed by atoms with Crippen LogP contribution in [0.25, 0.3) is 0 Å². The molecule has 0 radical (unpaired) electrons. The molecule has 2 heterocycles. The molecule has 1 unspecified atom stereocenters. The molecule has 2 saturated heterocycles. The second-order valence-corrected chi connectivity index (χ2v) is 8.74. The summed E-state index contributed by atoms with van der Waals surface area (Å²) in [5.74, 6) is 0.883. The molecule has 31 heavy (non-hydrogen) atoms. The summed E-state index contributed by atoms with van der Waals surface area (Å²) >= 11 is 0. The van der Waals surface area contributed by atoms with Crippen molar-refractivity contribution in [2.24, 2.45) is 5.92 Å². The van der Waals surface area contributed by atoms with Crippen LogP contribution in [0.15, 0.2) is 60.7 Å². The summed E-state index contributed by atoms with van der Waals surface area (Å²) in [6.07, 6.45) is 3.65. The van der Waals surface area contributed by atoms with Gasteiger partial charge in [0.25, 0.3) is 0 Å². The highest BCUT2D eigenvalue weighted by molar-refractivity contribution is 5.77. The lowest BCUT2D eigenvalue weighted by atomic mass is 10.00. The average molecular weight is 422 g/mol. The van der Waals surface area contributed by atoms with Crippen LogP contribution in [0.4, 0.5) is 0 Å². The fraction of sp³-hybridized carbons (Fsp3) is 0.500. The minimum absolute atomic E-state index is 0.0928. The molecule has 2 aliphatic heterocycles. The van der Waals surface area contributed by atoms with Gasteiger partial charge in [0.15, 0.2) is 0 Å².